The lowest BCUT2D eigenvalue weighted by molar-refractivity contribution is 1.13. The summed E-state index contributed by atoms with van der Waals surface area (Å²) in [5.74, 6) is 0.764. The Morgan fingerprint density at radius 3 is 1.50 bits per heavy atom. The van der Waals surface area contributed by atoms with Gasteiger partial charge in [-0.1, -0.05) is 24.3 Å². The molecule has 6 nitrogen and oxygen atoms in total. The largest absolute Gasteiger partial charge is 0.337 e. The van der Waals surface area contributed by atoms with Crippen molar-refractivity contribution in [3.63, 3.8) is 0 Å². The maximum atomic E-state index is 9.25. The van der Waals surface area contributed by atoms with Crippen molar-refractivity contribution in [2.45, 2.75) is 13.8 Å². The Hall–Kier alpha value is -3.90. The number of hydrogen-bond donors (Lipinski definition) is 2. The molecule has 0 spiro atoms. The lowest BCUT2D eigenvalue weighted by Crippen LogP contribution is -2.06. The summed E-state index contributed by atoms with van der Waals surface area (Å²) in [5.41, 5.74) is 3.78. The Balaban J connectivity index is 2.05. The molecule has 0 radical (unpaired) electrons. The monoisotopic (exact) mass is 340 g/mol. The molecule has 3 aromatic rings. The Morgan fingerprint density at radius 2 is 1.15 bits per heavy atom. The Kier molecular flexibility index (Phi) is 4.78. The number of rotatable bonds is 4. The third kappa shape index (κ3) is 3.77. The molecule has 0 aliphatic carbocycles. The van der Waals surface area contributed by atoms with E-state index in [1.165, 1.54) is 0 Å². The average Bonchev–Trinajstić information content (AvgIpc) is 2.62. The van der Waals surface area contributed by atoms with Crippen LogP contribution in [-0.2, 0) is 0 Å². The standard InChI is InChI=1S/C20H16N6/c1-13-5-3-7-15(9-13)23-19-20(24-16-8-4-6-14(2)10-16)26-18(12-22)17(11-21)25-19/h3-10H,1-2H3,(H,23,25)(H,24,26). The van der Waals surface area contributed by atoms with E-state index in [-0.39, 0.29) is 11.4 Å². The number of nitrogens with one attached hydrogen (secondary N) is 2. The summed E-state index contributed by atoms with van der Waals surface area (Å²) < 4.78 is 0. The van der Waals surface area contributed by atoms with Gasteiger partial charge in [0.15, 0.2) is 23.0 Å². The van der Waals surface area contributed by atoms with Gasteiger partial charge in [0.05, 0.1) is 0 Å². The topological polar surface area (TPSA) is 97.4 Å². The first-order chi connectivity index (χ1) is 12.6. The molecule has 0 aliphatic rings. The second-order valence-corrected chi connectivity index (χ2v) is 5.83. The molecule has 0 saturated carbocycles. The second kappa shape index (κ2) is 7.33. The van der Waals surface area contributed by atoms with Crippen molar-refractivity contribution in [2.24, 2.45) is 0 Å². The van der Waals surface area contributed by atoms with Gasteiger partial charge in [0, 0.05) is 11.4 Å². The summed E-state index contributed by atoms with van der Waals surface area (Å²) in [5, 5.41) is 24.9. The average molecular weight is 340 g/mol. The highest BCUT2D eigenvalue weighted by molar-refractivity contribution is 5.73. The molecule has 1 heterocycles. The number of aromatic nitrogens is 2. The van der Waals surface area contributed by atoms with E-state index in [1.54, 1.807) is 0 Å². The summed E-state index contributed by atoms with van der Waals surface area (Å²) in [6, 6.07) is 19.4. The van der Waals surface area contributed by atoms with E-state index in [9.17, 15) is 10.5 Å². The number of nitriles is 2. The van der Waals surface area contributed by atoms with Gasteiger partial charge in [-0.25, -0.2) is 9.97 Å². The van der Waals surface area contributed by atoms with Gasteiger partial charge in [0.2, 0.25) is 0 Å². The lowest BCUT2D eigenvalue weighted by Gasteiger charge is -2.13. The van der Waals surface area contributed by atoms with Crippen LogP contribution in [0.3, 0.4) is 0 Å². The quantitative estimate of drug-likeness (QED) is 0.734. The molecule has 0 amide bonds. The van der Waals surface area contributed by atoms with Gasteiger partial charge in [0.1, 0.15) is 12.1 Å². The van der Waals surface area contributed by atoms with Gasteiger partial charge in [-0.15, -0.1) is 0 Å². The zero-order chi connectivity index (χ0) is 18.5. The predicted molar refractivity (Wildman–Crippen MR) is 100 cm³/mol. The SMILES string of the molecule is Cc1cccc(Nc2nc(C#N)c(C#N)nc2Nc2cccc(C)c2)c1. The van der Waals surface area contributed by atoms with Crippen LogP contribution in [0.15, 0.2) is 48.5 Å². The van der Waals surface area contributed by atoms with Crippen LogP contribution in [0.25, 0.3) is 0 Å². The van der Waals surface area contributed by atoms with Crippen LogP contribution in [0.2, 0.25) is 0 Å². The molecule has 1 aromatic heterocycles. The zero-order valence-electron chi connectivity index (χ0n) is 14.4. The minimum Gasteiger partial charge on any atom is -0.337 e. The minimum absolute atomic E-state index is 0.0163. The normalized spacial score (nSPS) is 9.85. The van der Waals surface area contributed by atoms with Crippen LogP contribution >= 0.6 is 0 Å². The molecule has 0 bridgehead atoms. The molecule has 0 unspecified atom stereocenters. The summed E-state index contributed by atoms with van der Waals surface area (Å²) in [6.45, 7) is 3.98. The molecular formula is C20H16N6. The fourth-order valence-electron chi connectivity index (χ4n) is 2.48. The van der Waals surface area contributed by atoms with Crippen LogP contribution in [0.1, 0.15) is 22.5 Å². The summed E-state index contributed by atoms with van der Waals surface area (Å²) in [7, 11) is 0. The van der Waals surface area contributed by atoms with E-state index in [0.29, 0.717) is 11.6 Å². The van der Waals surface area contributed by atoms with Crippen LogP contribution in [0.4, 0.5) is 23.0 Å². The van der Waals surface area contributed by atoms with Crippen molar-refractivity contribution in [2.75, 3.05) is 10.6 Å². The molecule has 0 fully saturated rings. The van der Waals surface area contributed by atoms with Crippen molar-refractivity contribution in [1.29, 1.82) is 10.5 Å². The van der Waals surface area contributed by atoms with Crippen molar-refractivity contribution in [1.82, 2.24) is 9.97 Å². The molecule has 2 aromatic carbocycles. The Bertz CT molecular complexity index is 958. The molecule has 0 atom stereocenters. The number of nitrogens with zero attached hydrogens (tertiary/aromatic N) is 4. The number of anilines is 4. The molecule has 0 aliphatic heterocycles. The van der Waals surface area contributed by atoms with Gasteiger partial charge in [-0.2, -0.15) is 10.5 Å². The van der Waals surface area contributed by atoms with Crippen molar-refractivity contribution < 1.29 is 0 Å². The van der Waals surface area contributed by atoms with E-state index >= 15 is 0 Å². The van der Waals surface area contributed by atoms with E-state index in [2.05, 4.69) is 20.6 Å². The Labute approximate surface area is 151 Å². The molecule has 126 valence electrons. The smallest absolute Gasteiger partial charge is 0.179 e. The molecule has 2 N–H and O–H groups in total. The summed E-state index contributed by atoms with van der Waals surface area (Å²) in [4.78, 5) is 8.57. The second-order valence-electron chi connectivity index (χ2n) is 5.83. The zero-order valence-corrected chi connectivity index (χ0v) is 14.4. The first-order valence-corrected chi connectivity index (χ1v) is 7.98. The van der Waals surface area contributed by atoms with Crippen LogP contribution < -0.4 is 10.6 Å². The van der Waals surface area contributed by atoms with Crippen LogP contribution in [0.5, 0.6) is 0 Å². The van der Waals surface area contributed by atoms with Crippen molar-refractivity contribution >= 4 is 23.0 Å². The third-order valence-corrected chi connectivity index (χ3v) is 3.67. The highest BCUT2D eigenvalue weighted by Crippen LogP contribution is 2.27. The van der Waals surface area contributed by atoms with Crippen LogP contribution in [-0.4, -0.2) is 9.97 Å². The van der Waals surface area contributed by atoms with E-state index in [1.807, 2.05) is 74.5 Å². The highest BCUT2D eigenvalue weighted by Gasteiger charge is 2.14. The molecule has 3 rings (SSSR count). The molecule has 6 heteroatoms. The number of hydrogen-bond acceptors (Lipinski definition) is 6. The maximum absolute atomic E-state index is 9.25. The van der Waals surface area contributed by atoms with Gasteiger partial charge in [0.25, 0.3) is 0 Å². The molecule has 0 saturated heterocycles. The van der Waals surface area contributed by atoms with Gasteiger partial charge < -0.3 is 10.6 Å². The lowest BCUT2D eigenvalue weighted by atomic mass is 10.2. The third-order valence-electron chi connectivity index (χ3n) is 3.67. The fraction of sp³-hybridized carbons (Fsp3) is 0.100. The van der Waals surface area contributed by atoms with Crippen LogP contribution in [0, 0.1) is 36.5 Å². The van der Waals surface area contributed by atoms with E-state index < -0.39 is 0 Å². The fourth-order valence-corrected chi connectivity index (χ4v) is 2.48. The number of aryl methyl sites for hydroxylation is 2. The minimum atomic E-state index is -0.0163. The first-order valence-electron chi connectivity index (χ1n) is 7.98. The van der Waals surface area contributed by atoms with Crippen molar-refractivity contribution in [3.8, 4) is 12.1 Å². The maximum Gasteiger partial charge on any atom is 0.179 e. The molecule has 26 heavy (non-hydrogen) atoms. The van der Waals surface area contributed by atoms with Gasteiger partial charge in [-0.3, -0.25) is 0 Å². The first kappa shape index (κ1) is 16.9. The predicted octanol–water partition coefficient (Wildman–Crippen LogP) is 4.32. The van der Waals surface area contributed by atoms with Gasteiger partial charge in [-0.05, 0) is 49.2 Å². The Morgan fingerprint density at radius 1 is 0.731 bits per heavy atom. The highest BCUT2D eigenvalue weighted by atomic mass is 15.1. The number of benzene rings is 2. The summed E-state index contributed by atoms with van der Waals surface area (Å²) in [6.07, 6.45) is 0. The van der Waals surface area contributed by atoms with E-state index in [4.69, 9.17) is 0 Å². The molecular weight excluding hydrogens is 324 g/mol. The summed E-state index contributed by atoms with van der Waals surface area (Å²) >= 11 is 0. The van der Waals surface area contributed by atoms with Gasteiger partial charge >= 0.3 is 0 Å². The van der Waals surface area contributed by atoms with Crippen molar-refractivity contribution in [3.05, 3.63) is 71.0 Å². The van der Waals surface area contributed by atoms with E-state index in [0.717, 1.165) is 22.5 Å².